The van der Waals surface area contributed by atoms with Gasteiger partial charge in [-0.05, 0) is 25.5 Å². The molecule has 3 N–H and O–H groups in total. The second kappa shape index (κ2) is 7.16. The molecule has 0 heterocycles. The van der Waals surface area contributed by atoms with Crippen molar-refractivity contribution in [2.75, 3.05) is 5.75 Å². The van der Waals surface area contributed by atoms with Gasteiger partial charge < -0.3 is 10.8 Å². The predicted octanol–water partition coefficient (Wildman–Crippen LogP) is 3.53. The van der Waals surface area contributed by atoms with Gasteiger partial charge in [-0.3, -0.25) is 4.79 Å². The lowest BCUT2D eigenvalue weighted by Crippen LogP contribution is -2.29. The number of allylic oxidation sites excluding steroid dienone is 1. The van der Waals surface area contributed by atoms with Gasteiger partial charge in [-0.15, -0.1) is 11.8 Å². The first-order valence-electron chi connectivity index (χ1n) is 6.80. The lowest BCUT2D eigenvalue weighted by atomic mass is 9.93. The first kappa shape index (κ1) is 19.0. The second-order valence-corrected chi connectivity index (χ2v) is 8.48. The van der Waals surface area contributed by atoms with E-state index in [4.69, 9.17) is 5.73 Å². The van der Waals surface area contributed by atoms with Crippen LogP contribution < -0.4 is 5.73 Å². The summed E-state index contributed by atoms with van der Waals surface area (Å²) in [5, 5.41) is 9.83. The van der Waals surface area contributed by atoms with Crippen LogP contribution in [0.1, 0.15) is 48.5 Å². The number of hydrogen-bond acceptors (Lipinski definition) is 3. The largest absolute Gasteiger partial charge is 0.512 e. The molecular weight excluding hydrogens is 272 g/mol. The monoisotopic (exact) mass is 300 g/mol. The molecule has 0 aromatic rings. The van der Waals surface area contributed by atoms with Crippen LogP contribution in [0.15, 0.2) is 16.8 Å². The molecule has 0 aliphatic rings. The summed E-state index contributed by atoms with van der Waals surface area (Å²) in [6.07, 6.45) is 1.35. The molecule has 0 radical (unpaired) electrons. The summed E-state index contributed by atoms with van der Waals surface area (Å²) in [7, 11) is 0. The van der Waals surface area contributed by atoms with E-state index in [-0.39, 0.29) is 17.5 Å². The van der Waals surface area contributed by atoms with Gasteiger partial charge in [-0.2, -0.15) is 4.99 Å². The van der Waals surface area contributed by atoms with Crippen LogP contribution in [0.4, 0.5) is 0 Å². The zero-order valence-electron chi connectivity index (χ0n) is 13.7. The number of thioether (sulfide) groups is 1. The third kappa shape index (κ3) is 6.98. The third-order valence-corrected chi connectivity index (χ3v) is 4.31. The van der Waals surface area contributed by atoms with Crippen LogP contribution in [0.2, 0.25) is 0 Å². The number of carbonyl (C=O) groups excluding carboxylic acids is 1. The van der Waals surface area contributed by atoms with E-state index < -0.39 is 10.2 Å². The van der Waals surface area contributed by atoms with Crippen molar-refractivity contribution in [2.24, 2.45) is 22.1 Å². The zero-order chi connectivity index (χ0) is 16.1. The number of amidine groups is 1. The van der Waals surface area contributed by atoms with E-state index >= 15 is 0 Å². The fraction of sp³-hybridized carbons (Fsp3) is 0.733. The summed E-state index contributed by atoms with van der Waals surface area (Å²) >= 11 is 1.57. The van der Waals surface area contributed by atoms with Gasteiger partial charge in [-0.1, -0.05) is 34.6 Å². The predicted molar refractivity (Wildman–Crippen MR) is 88.2 cm³/mol. The molecule has 20 heavy (non-hydrogen) atoms. The Morgan fingerprint density at radius 3 is 2.20 bits per heavy atom. The number of nitrogens with zero attached hydrogens (tertiary/aromatic N) is 1. The second-order valence-electron chi connectivity index (χ2n) is 6.84. The standard InChI is InChI=1S/C15H28N2O2S/c1-10(2)9-20-15(6,7)13(19)17-12(16)8-11(18)14(3,4)5/h8,10,18H,9H2,1-7H3,(H2,16,17,19)/b11-8-. The van der Waals surface area contributed by atoms with Gasteiger partial charge >= 0.3 is 0 Å². The molecule has 4 nitrogen and oxygen atoms in total. The van der Waals surface area contributed by atoms with Crippen LogP contribution in [0.3, 0.4) is 0 Å². The number of rotatable bonds is 5. The van der Waals surface area contributed by atoms with E-state index in [0.29, 0.717) is 5.92 Å². The Kier molecular flexibility index (Phi) is 6.81. The van der Waals surface area contributed by atoms with Crippen molar-refractivity contribution < 1.29 is 9.90 Å². The molecule has 0 spiro atoms. The molecule has 0 unspecified atom stereocenters. The molecule has 0 saturated carbocycles. The Hall–Kier alpha value is -0.970. The quantitative estimate of drug-likeness (QED) is 0.463. The molecular formula is C15H28N2O2S. The summed E-state index contributed by atoms with van der Waals surface area (Å²) in [6, 6.07) is 0. The van der Waals surface area contributed by atoms with Gasteiger partial charge in [0.2, 0.25) is 0 Å². The van der Waals surface area contributed by atoms with Crippen molar-refractivity contribution in [1.29, 1.82) is 0 Å². The zero-order valence-corrected chi connectivity index (χ0v) is 14.5. The van der Waals surface area contributed by atoms with Crippen LogP contribution in [-0.4, -0.2) is 27.3 Å². The van der Waals surface area contributed by atoms with E-state index in [0.717, 1.165) is 5.75 Å². The van der Waals surface area contributed by atoms with Gasteiger partial charge in [0, 0.05) is 11.5 Å². The molecule has 0 rings (SSSR count). The minimum atomic E-state index is -0.611. The SMILES string of the molecule is CC(C)CSC(C)(C)C(=O)N=C(N)/C=C(\O)C(C)(C)C. The number of aliphatic imine (C=N–C) groups is 1. The van der Waals surface area contributed by atoms with Gasteiger partial charge in [0.25, 0.3) is 5.91 Å². The number of carbonyl (C=O) groups is 1. The fourth-order valence-corrected chi connectivity index (χ4v) is 2.00. The van der Waals surface area contributed by atoms with Crippen molar-refractivity contribution in [3.05, 3.63) is 11.8 Å². The fourth-order valence-electron chi connectivity index (χ4n) is 1.08. The average Bonchev–Trinajstić information content (AvgIpc) is 2.24. The molecule has 0 bridgehead atoms. The Bertz CT molecular complexity index is 405. The highest BCUT2D eigenvalue weighted by Gasteiger charge is 2.28. The van der Waals surface area contributed by atoms with Crippen molar-refractivity contribution >= 4 is 23.5 Å². The average molecular weight is 300 g/mol. The van der Waals surface area contributed by atoms with Crippen molar-refractivity contribution in [3.8, 4) is 0 Å². The van der Waals surface area contributed by atoms with E-state index in [1.807, 2.05) is 34.6 Å². The molecule has 5 heteroatoms. The van der Waals surface area contributed by atoms with Crippen molar-refractivity contribution in [2.45, 2.75) is 53.2 Å². The number of aliphatic hydroxyl groups is 1. The third-order valence-electron chi connectivity index (χ3n) is 2.58. The highest BCUT2D eigenvalue weighted by atomic mass is 32.2. The molecule has 116 valence electrons. The number of hydrogen-bond donors (Lipinski definition) is 2. The Morgan fingerprint density at radius 2 is 1.80 bits per heavy atom. The number of amides is 1. The Balaban J connectivity index is 4.92. The summed E-state index contributed by atoms with van der Waals surface area (Å²) in [5.74, 6) is 1.27. The lowest BCUT2D eigenvalue weighted by molar-refractivity contribution is -0.119. The first-order valence-corrected chi connectivity index (χ1v) is 7.78. The maximum absolute atomic E-state index is 12.1. The van der Waals surface area contributed by atoms with Gasteiger partial charge in [-0.25, -0.2) is 0 Å². The van der Waals surface area contributed by atoms with E-state index in [2.05, 4.69) is 18.8 Å². The van der Waals surface area contributed by atoms with Crippen molar-refractivity contribution in [1.82, 2.24) is 0 Å². The summed E-state index contributed by atoms with van der Waals surface area (Å²) in [6.45, 7) is 13.5. The van der Waals surface area contributed by atoms with Crippen LogP contribution >= 0.6 is 11.8 Å². The highest BCUT2D eigenvalue weighted by Crippen LogP contribution is 2.28. The molecule has 0 fully saturated rings. The first-order chi connectivity index (χ1) is 8.86. The molecule has 1 amide bonds. The summed E-state index contributed by atoms with van der Waals surface area (Å²) in [4.78, 5) is 16.0. The van der Waals surface area contributed by atoms with Crippen LogP contribution in [-0.2, 0) is 4.79 Å². The highest BCUT2D eigenvalue weighted by molar-refractivity contribution is 8.01. The van der Waals surface area contributed by atoms with Gasteiger partial charge in [0.05, 0.1) is 4.75 Å². The summed E-state index contributed by atoms with van der Waals surface area (Å²) < 4.78 is -0.611. The maximum Gasteiger partial charge on any atom is 0.263 e. The van der Waals surface area contributed by atoms with E-state index in [1.54, 1.807) is 11.8 Å². The maximum atomic E-state index is 12.1. The number of aliphatic hydroxyl groups excluding tert-OH is 1. The molecule has 0 aromatic heterocycles. The molecule has 0 aliphatic carbocycles. The van der Waals surface area contributed by atoms with E-state index in [9.17, 15) is 9.90 Å². The van der Waals surface area contributed by atoms with Crippen LogP contribution in [0, 0.1) is 11.3 Å². The van der Waals surface area contributed by atoms with Crippen LogP contribution in [0.5, 0.6) is 0 Å². The molecule has 0 saturated heterocycles. The Labute approximate surface area is 126 Å². The summed E-state index contributed by atoms with van der Waals surface area (Å²) in [5.41, 5.74) is 5.30. The topological polar surface area (TPSA) is 75.7 Å². The minimum Gasteiger partial charge on any atom is -0.512 e. The van der Waals surface area contributed by atoms with Crippen molar-refractivity contribution in [3.63, 3.8) is 0 Å². The smallest absolute Gasteiger partial charge is 0.263 e. The lowest BCUT2D eigenvalue weighted by Gasteiger charge is -2.21. The Morgan fingerprint density at radius 1 is 1.30 bits per heavy atom. The number of nitrogens with two attached hydrogens (primary N) is 1. The molecule has 0 aromatic carbocycles. The van der Waals surface area contributed by atoms with Gasteiger partial charge in [0.15, 0.2) is 0 Å². The van der Waals surface area contributed by atoms with Gasteiger partial charge in [0.1, 0.15) is 11.6 Å². The van der Waals surface area contributed by atoms with Crippen LogP contribution in [0.25, 0.3) is 0 Å². The molecule has 0 aliphatic heterocycles. The normalized spacial score (nSPS) is 14.8. The molecule has 0 atom stereocenters. The van der Waals surface area contributed by atoms with E-state index in [1.165, 1.54) is 6.08 Å². The minimum absolute atomic E-state index is 0.0423.